The minimum absolute atomic E-state index is 0.196. The molecule has 0 fully saturated rings. The van der Waals surface area contributed by atoms with E-state index in [1.165, 1.54) is 12.7 Å². The summed E-state index contributed by atoms with van der Waals surface area (Å²) in [5.41, 5.74) is 2.35. The topological polar surface area (TPSA) is 46.5 Å². The lowest BCUT2D eigenvalue weighted by atomic mass is 10.1. The van der Waals surface area contributed by atoms with E-state index in [4.69, 9.17) is 21.4 Å². The van der Waals surface area contributed by atoms with Crippen molar-refractivity contribution in [1.82, 2.24) is 0 Å². The van der Waals surface area contributed by atoms with E-state index >= 15 is 0 Å². The first-order valence-corrected chi connectivity index (χ1v) is 7.86. The van der Waals surface area contributed by atoms with Crippen LogP contribution in [0.5, 0.6) is 5.75 Å². The van der Waals surface area contributed by atoms with Gasteiger partial charge in [-0.2, -0.15) is 11.8 Å². The lowest BCUT2D eigenvalue weighted by Gasteiger charge is -2.08. The molecule has 5 heteroatoms. The number of carboxylic acid groups (broad SMARTS) is 1. The van der Waals surface area contributed by atoms with Gasteiger partial charge in [-0.15, -0.1) is 0 Å². The molecule has 0 bridgehead atoms. The lowest BCUT2D eigenvalue weighted by molar-refractivity contribution is 0.0693. The van der Waals surface area contributed by atoms with Gasteiger partial charge >= 0.3 is 5.97 Å². The Bertz CT molecular complexity index is 626. The number of halogens is 1. The molecule has 0 spiro atoms. The molecule has 0 aromatic heterocycles. The number of methoxy groups -OCH3 is 1. The highest BCUT2D eigenvalue weighted by Crippen LogP contribution is 2.24. The van der Waals surface area contributed by atoms with Crippen molar-refractivity contribution >= 4 is 29.3 Å². The Kier molecular flexibility index (Phi) is 5.53. The average molecular weight is 323 g/mol. The van der Waals surface area contributed by atoms with Crippen molar-refractivity contribution in [2.24, 2.45) is 0 Å². The Morgan fingerprint density at radius 1 is 1.14 bits per heavy atom. The molecule has 0 amide bonds. The van der Waals surface area contributed by atoms with Gasteiger partial charge in [0.25, 0.3) is 0 Å². The minimum atomic E-state index is -0.976. The minimum Gasteiger partial charge on any atom is -0.496 e. The Balaban J connectivity index is 1.98. The van der Waals surface area contributed by atoms with Crippen molar-refractivity contribution in [3.63, 3.8) is 0 Å². The monoisotopic (exact) mass is 322 g/mol. The van der Waals surface area contributed by atoms with Gasteiger partial charge in [0, 0.05) is 16.5 Å². The maximum atomic E-state index is 11.2. The highest BCUT2D eigenvalue weighted by molar-refractivity contribution is 7.97. The molecule has 0 radical (unpaired) electrons. The van der Waals surface area contributed by atoms with E-state index in [1.807, 2.05) is 30.3 Å². The third-order valence-corrected chi connectivity index (χ3v) is 4.27. The molecule has 0 atom stereocenters. The summed E-state index contributed by atoms with van der Waals surface area (Å²) < 4.78 is 5.05. The van der Waals surface area contributed by atoms with Crippen molar-refractivity contribution in [2.75, 3.05) is 7.11 Å². The van der Waals surface area contributed by atoms with Gasteiger partial charge in [0.15, 0.2) is 0 Å². The zero-order chi connectivity index (χ0) is 15.2. The molecule has 3 nitrogen and oxygen atoms in total. The SMILES string of the molecule is COc1ccc(CSCc2ccc(Cl)cc2)cc1C(=O)O. The second-order valence-corrected chi connectivity index (χ2v) is 5.88. The van der Waals surface area contributed by atoms with Gasteiger partial charge in [-0.1, -0.05) is 29.8 Å². The van der Waals surface area contributed by atoms with Gasteiger partial charge in [-0.3, -0.25) is 0 Å². The van der Waals surface area contributed by atoms with Crippen LogP contribution in [0.1, 0.15) is 21.5 Å². The zero-order valence-electron chi connectivity index (χ0n) is 11.5. The third-order valence-electron chi connectivity index (χ3n) is 2.95. The zero-order valence-corrected chi connectivity index (χ0v) is 13.1. The fourth-order valence-corrected chi connectivity index (χ4v) is 2.95. The van der Waals surface area contributed by atoms with Gasteiger partial charge in [0.1, 0.15) is 11.3 Å². The van der Waals surface area contributed by atoms with E-state index in [2.05, 4.69) is 0 Å². The summed E-state index contributed by atoms with van der Waals surface area (Å²) in [6.07, 6.45) is 0. The number of hydrogen-bond donors (Lipinski definition) is 1. The van der Waals surface area contributed by atoms with E-state index < -0.39 is 5.97 Å². The predicted octanol–water partition coefficient (Wildman–Crippen LogP) is 4.48. The molecule has 110 valence electrons. The molecule has 1 N–H and O–H groups in total. The highest BCUT2D eigenvalue weighted by atomic mass is 35.5. The average Bonchev–Trinajstić information content (AvgIpc) is 2.49. The van der Waals surface area contributed by atoms with Crippen molar-refractivity contribution < 1.29 is 14.6 Å². The summed E-state index contributed by atoms with van der Waals surface area (Å²) in [5, 5.41) is 9.88. The number of benzene rings is 2. The van der Waals surface area contributed by atoms with Gasteiger partial charge in [0.2, 0.25) is 0 Å². The van der Waals surface area contributed by atoms with Gasteiger partial charge in [-0.05, 0) is 35.4 Å². The summed E-state index contributed by atoms with van der Waals surface area (Å²) in [6, 6.07) is 13.0. The molecule has 0 unspecified atom stereocenters. The number of carbonyl (C=O) groups is 1. The summed E-state index contributed by atoms with van der Waals surface area (Å²) in [5.74, 6) is 1.00. The van der Waals surface area contributed by atoms with Gasteiger partial charge in [-0.25, -0.2) is 4.79 Å². The van der Waals surface area contributed by atoms with Crippen molar-refractivity contribution in [2.45, 2.75) is 11.5 Å². The second-order valence-electron chi connectivity index (χ2n) is 4.46. The van der Waals surface area contributed by atoms with Gasteiger partial charge < -0.3 is 9.84 Å². The second kappa shape index (κ2) is 7.38. The highest BCUT2D eigenvalue weighted by Gasteiger charge is 2.11. The van der Waals surface area contributed by atoms with Gasteiger partial charge in [0.05, 0.1) is 7.11 Å². The lowest BCUT2D eigenvalue weighted by Crippen LogP contribution is -2.01. The van der Waals surface area contributed by atoms with Crippen LogP contribution in [0.4, 0.5) is 0 Å². The van der Waals surface area contributed by atoms with Crippen LogP contribution in [-0.2, 0) is 11.5 Å². The predicted molar refractivity (Wildman–Crippen MR) is 86.4 cm³/mol. The van der Waals surface area contributed by atoms with Crippen LogP contribution in [0.2, 0.25) is 5.02 Å². The Labute approximate surface area is 132 Å². The van der Waals surface area contributed by atoms with Crippen LogP contribution in [0.15, 0.2) is 42.5 Å². The first-order chi connectivity index (χ1) is 10.1. The molecule has 2 rings (SSSR count). The van der Waals surface area contributed by atoms with Crippen LogP contribution in [0.3, 0.4) is 0 Å². The van der Waals surface area contributed by atoms with E-state index in [9.17, 15) is 4.79 Å². The van der Waals surface area contributed by atoms with E-state index in [-0.39, 0.29) is 5.56 Å². The summed E-state index contributed by atoms with van der Waals surface area (Å²) in [6.45, 7) is 0. The molecule has 21 heavy (non-hydrogen) atoms. The smallest absolute Gasteiger partial charge is 0.339 e. The molecule has 2 aromatic rings. The van der Waals surface area contributed by atoms with Crippen LogP contribution in [0, 0.1) is 0 Å². The molecule has 0 saturated heterocycles. The quantitative estimate of drug-likeness (QED) is 0.851. The Hall–Kier alpha value is -1.65. The molecule has 0 aliphatic heterocycles. The van der Waals surface area contributed by atoms with Crippen molar-refractivity contribution in [3.8, 4) is 5.75 Å². The van der Waals surface area contributed by atoms with E-state index in [0.717, 1.165) is 22.1 Å². The molecule has 2 aromatic carbocycles. The summed E-state index contributed by atoms with van der Waals surface area (Å²) in [4.78, 5) is 11.2. The largest absolute Gasteiger partial charge is 0.496 e. The number of ether oxygens (including phenoxy) is 1. The van der Waals surface area contributed by atoms with Crippen LogP contribution in [0.25, 0.3) is 0 Å². The number of carboxylic acids is 1. The maximum absolute atomic E-state index is 11.2. The number of hydrogen-bond acceptors (Lipinski definition) is 3. The number of thioether (sulfide) groups is 1. The normalized spacial score (nSPS) is 10.4. The molecule has 0 heterocycles. The van der Waals surface area contributed by atoms with E-state index in [0.29, 0.717) is 5.75 Å². The standard InChI is InChI=1S/C16H15ClO3S/c1-20-15-7-4-12(8-14(15)16(18)19)10-21-9-11-2-5-13(17)6-3-11/h2-8H,9-10H2,1H3,(H,18,19). The Morgan fingerprint density at radius 2 is 1.76 bits per heavy atom. The van der Waals surface area contributed by atoms with Crippen LogP contribution >= 0.6 is 23.4 Å². The number of rotatable bonds is 6. The first kappa shape index (κ1) is 15.7. The van der Waals surface area contributed by atoms with Crippen molar-refractivity contribution in [3.05, 3.63) is 64.2 Å². The molecule has 0 aliphatic carbocycles. The number of aromatic carboxylic acids is 1. The fourth-order valence-electron chi connectivity index (χ4n) is 1.88. The van der Waals surface area contributed by atoms with E-state index in [1.54, 1.807) is 23.9 Å². The molecule has 0 aliphatic rings. The summed E-state index contributed by atoms with van der Waals surface area (Å²) >= 11 is 7.57. The first-order valence-electron chi connectivity index (χ1n) is 6.32. The third kappa shape index (κ3) is 4.41. The molecular formula is C16H15ClO3S. The van der Waals surface area contributed by atoms with Crippen molar-refractivity contribution in [1.29, 1.82) is 0 Å². The Morgan fingerprint density at radius 3 is 2.38 bits per heavy atom. The summed E-state index contributed by atoms with van der Waals surface area (Å²) in [7, 11) is 1.47. The molecular weight excluding hydrogens is 308 g/mol. The van der Waals surface area contributed by atoms with Crippen LogP contribution < -0.4 is 4.74 Å². The fraction of sp³-hybridized carbons (Fsp3) is 0.188. The van der Waals surface area contributed by atoms with Crippen LogP contribution in [-0.4, -0.2) is 18.2 Å². The molecule has 0 saturated carbocycles. The maximum Gasteiger partial charge on any atom is 0.339 e.